The molecule has 0 heterocycles. The van der Waals surface area contributed by atoms with E-state index in [-0.39, 0.29) is 0 Å². The van der Waals surface area contributed by atoms with Gasteiger partial charge >= 0.3 is 14.8 Å². The molecule has 0 aromatic heterocycles. The van der Waals surface area contributed by atoms with E-state index in [0.717, 1.165) is 18.4 Å². The Morgan fingerprint density at radius 3 is 1.80 bits per heavy atom. The number of allylic oxidation sites excluding steroid dienone is 1. The lowest BCUT2D eigenvalue weighted by atomic mass is 10.1. The fraction of sp³-hybridized carbons (Fsp3) is 0.786. The van der Waals surface area contributed by atoms with Crippen LogP contribution in [0.2, 0.25) is 6.04 Å². The van der Waals surface area contributed by atoms with E-state index in [9.17, 15) is 4.79 Å². The fourth-order valence-corrected chi connectivity index (χ4v) is 4.55. The average Bonchev–Trinajstić information content (AvgIpc) is 2.38. The number of rotatable bonds is 11. The van der Waals surface area contributed by atoms with E-state index in [2.05, 4.69) is 0 Å². The lowest BCUT2D eigenvalue weighted by Gasteiger charge is -2.28. The van der Waals surface area contributed by atoms with Gasteiger partial charge in [0, 0.05) is 31.4 Å². The highest BCUT2D eigenvalue weighted by atomic mass is 28.4. The summed E-state index contributed by atoms with van der Waals surface area (Å²) in [5.74, 6) is -0.856. The molecule has 0 aromatic rings. The zero-order chi connectivity index (χ0) is 15.6. The number of carboxylic acid groups (broad SMARTS) is 1. The van der Waals surface area contributed by atoms with Crippen LogP contribution < -0.4 is 0 Å². The van der Waals surface area contributed by atoms with Gasteiger partial charge in [-0.1, -0.05) is 5.57 Å². The Labute approximate surface area is 123 Å². The molecule has 0 radical (unpaired) electrons. The summed E-state index contributed by atoms with van der Waals surface area (Å²) in [4.78, 5) is 10.9. The van der Waals surface area contributed by atoms with Crippen molar-refractivity contribution < 1.29 is 23.2 Å². The van der Waals surface area contributed by atoms with Gasteiger partial charge in [-0.05, 0) is 47.5 Å². The fourth-order valence-electron chi connectivity index (χ4n) is 1.94. The summed E-state index contributed by atoms with van der Waals surface area (Å²) in [5, 5.41) is 8.94. The van der Waals surface area contributed by atoms with Crippen LogP contribution in [0, 0.1) is 0 Å². The highest BCUT2D eigenvalue weighted by Gasteiger charge is 2.39. The molecular weight excluding hydrogens is 276 g/mol. The van der Waals surface area contributed by atoms with Gasteiger partial charge in [-0.2, -0.15) is 0 Å². The Morgan fingerprint density at radius 1 is 1.00 bits per heavy atom. The summed E-state index contributed by atoms with van der Waals surface area (Å²) in [6, 6.07) is 0.715. The number of aliphatic carboxylic acids is 1. The van der Waals surface area contributed by atoms with Crippen molar-refractivity contribution in [2.24, 2.45) is 0 Å². The zero-order valence-electron chi connectivity index (χ0n) is 13.3. The highest BCUT2D eigenvalue weighted by Crippen LogP contribution is 2.22. The topological polar surface area (TPSA) is 65.0 Å². The minimum absolute atomic E-state index is 0.418. The highest BCUT2D eigenvalue weighted by molar-refractivity contribution is 6.60. The first-order valence-corrected chi connectivity index (χ1v) is 9.17. The van der Waals surface area contributed by atoms with Gasteiger partial charge in [0.15, 0.2) is 0 Å². The van der Waals surface area contributed by atoms with Crippen molar-refractivity contribution >= 4 is 14.8 Å². The molecular formula is C14H28O5Si. The largest absolute Gasteiger partial charge is 0.500 e. The van der Waals surface area contributed by atoms with Crippen molar-refractivity contribution in [3.63, 3.8) is 0 Å². The maximum Gasteiger partial charge on any atom is 0.500 e. The molecule has 0 unspecified atom stereocenters. The van der Waals surface area contributed by atoms with E-state index in [1.165, 1.54) is 0 Å². The summed E-state index contributed by atoms with van der Waals surface area (Å²) in [5.41, 5.74) is 1.31. The lowest BCUT2D eigenvalue weighted by molar-refractivity contribution is -0.132. The molecule has 0 amide bonds. The van der Waals surface area contributed by atoms with Crippen LogP contribution in [-0.2, 0) is 18.1 Å². The zero-order valence-corrected chi connectivity index (χ0v) is 14.3. The molecule has 0 spiro atoms. The van der Waals surface area contributed by atoms with E-state index in [0.29, 0.717) is 31.4 Å². The summed E-state index contributed by atoms with van der Waals surface area (Å²) in [7, 11) is -2.59. The molecule has 0 rings (SSSR count). The quantitative estimate of drug-likeness (QED) is 0.469. The first-order chi connectivity index (χ1) is 9.42. The molecule has 0 aromatic carbocycles. The average molecular weight is 304 g/mol. The Bertz CT molecular complexity index is 311. The van der Waals surface area contributed by atoms with Crippen LogP contribution in [0.5, 0.6) is 0 Å². The molecule has 20 heavy (non-hydrogen) atoms. The van der Waals surface area contributed by atoms with E-state index in [1.54, 1.807) is 6.92 Å². The van der Waals surface area contributed by atoms with Crippen LogP contribution in [0.15, 0.2) is 11.1 Å². The standard InChI is InChI=1S/C14H28O5Si/c1-6-17-20(18-7-2,19-8-3)11-9-10-12(4)13(5)14(15)16/h6-11H2,1-5H3,(H,15,16). The monoisotopic (exact) mass is 304 g/mol. The number of carboxylic acids is 1. The van der Waals surface area contributed by atoms with Crippen LogP contribution in [0.4, 0.5) is 0 Å². The first-order valence-electron chi connectivity index (χ1n) is 7.23. The Hall–Kier alpha value is -0.693. The van der Waals surface area contributed by atoms with Gasteiger partial charge < -0.3 is 18.4 Å². The van der Waals surface area contributed by atoms with Crippen LogP contribution >= 0.6 is 0 Å². The van der Waals surface area contributed by atoms with Gasteiger partial charge in [-0.3, -0.25) is 0 Å². The second-order valence-corrected chi connectivity index (χ2v) is 7.28. The van der Waals surface area contributed by atoms with Gasteiger partial charge in [0.25, 0.3) is 0 Å². The molecule has 0 aliphatic rings. The third-order valence-electron chi connectivity index (χ3n) is 3.09. The maximum absolute atomic E-state index is 10.9. The Kier molecular flexibility index (Phi) is 9.74. The van der Waals surface area contributed by atoms with Gasteiger partial charge in [0.1, 0.15) is 0 Å². The SMILES string of the molecule is CCO[Si](CCCC(C)=C(C)C(=O)O)(OCC)OCC. The van der Waals surface area contributed by atoms with Gasteiger partial charge in [0.2, 0.25) is 0 Å². The number of hydrogen-bond donors (Lipinski definition) is 1. The molecule has 0 saturated heterocycles. The van der Waals surface area contributed by atoms with Crippen molar-refractivity contribution in [1.82, 2.24) is 0 Å². The molecule has 0 atom stereocenters. The Morgan fingerprint density at radius 2 is 1.45 bits per heavy atom. The summed E-state index contributed by atoms with van der Waals surface area (Å²) in [6.45, 7) is 11.0. The third kappa shape index (κ3) is 6.65. The van der Waals surface area contributed by atoms with E-state index in [1.807, 2.05) is 27.7 Å². The summed E-state index contributed by atoms with van der Waals surface area (Å²) in [6.07, 6.45) is 1.53. The maximum atomic E-state index is 10.9. The van der Waals surface area contributed by atoms with Crippen molar-refractivity contribution in [3.05, 3.63) is 11.1 Å². The predicted molar refractivity (Wildman–Crippen MR) is 80.7 cm³/mol. The van der Waals surface area contributed by atoms with E-state index < -0.39 is 14.8 Å². The summed E-state index contributed by atoms with van der Waals surface area (Å²) < 4.78 is 17.3. The van der Waals surface area contributed by atoms with E-state index >= 15 is 0 Å². The van der Waals surface area contributed by atoms with Crippen LogP contribution in [-0.4, -0.2) is 39.7 Å². The summed E-state index contributed by atoms with van der Waals surface area (Å²) >= 11 is 0. The van der Waals surface area contributed by atoms with Crippen molar-refractivity contribution in [1.29, 1.82) is 0 Å². The second kappa shape index (κ2) is 10.1. The van der Waals surface area contributed by atoms with Gasteiger partial charge in [-0.25, -0.2) is 4.79 Å². The van der Waals surface area contributed by atoms with Crippen molar-refractivity contribution in [2.75, 3.05) is 19.8 Å². The third-order valence-corrected chi connectivity index (χ3v) is 6.24. The molecule has 5 nitrogen and oxygen atoms in total. The molecule has 0 aliphatic heterocycles. The number of hydrogen-bond acceptors (Lipinski definition) is 4. The Balaban J connectivity index is 4.60. The molecule has 0 saturated carbocycles. The lowest BCUT2D eigenvalue weighted by Crippen LogP contribution is -2.45. The van der Waals surface area contributed by atoms with Crippen LogP contribution in [0.1, 0.15) is 47.5 Å². The second-order valence-electron chi connectivity index (χ2n) is 4.55. The molecule has 6 heteroatoms. The van der Waals surface area contributed by atoms with Crippen molar-refractivity contribution in [3.8, 4) is 0 Å². The predicted octanol–water partition coefficient (Wildman–Crippen LogP) is 3.24. The van der Waals surface area contributed by atoms with Crippen LogP contribution in [0.25, 0.3) is 0 Å². The number of carbonyl (C=O) groups is 1. The molecule has 118 valence electrons. The van der Waals surface area contributed by atoms with Crippen LogP contribution in [0.3, 0.4) is 0 Å². The molecule has 1 N–H and O–H groups in total. The molecule has 0 bridgehead atoms. The minimum Gasteiger partial charge on any atom is -0.478 e. The first kappa shape index (κ1) is 19.3. The van der Waals surface area contributed by atoms with Gasteiger partial charge in [-0.15, -0.1) is 0 Å². The minimum atomic E-state index is -2.59. The molecule has 0 aliphatic carbocycles. The van der Waals surface area contributed by atoms with Crippen molar-refractivity contribution in [2.45, 2.75) is 53.5 Å². The molecule has 0 fully saturated rings. The normalized spacial score (nSPS) is 13.2. The van der Waals surface area contributed by atoms with E-state index in [4.69, 9.17) is 18.4 Å². The van der Waals surface area contributed by atoms with Gasteiger partial charge in [0.05, 0.1) is 0 Å². The smallest absolute Gasteiger partial charge is 0.478 e.